The van der Waals surface area contributed by atoms with E-state index in [1.807, 2.05) is 0 Å². The number of carbonyl (C=O) groups is 1. The summed E-state index contributed by atoms with van der Waals surface area (Å²) in [5, 5.41) is 9.12. The SMILES string of the molecule is O=C(O)C1=Cc2cc(OC(F)(F)F)cc(CCc3ccccc3)c2OC1C(F)(F)F. The Morgan fingerprint density at radius 1 is 1.03 bits per heavy atom. The predicted octanol–water partition coefficient (Wildman–Crippen LogP) is 5.16. The van der Waals surface area contributed by atoms with Crippen molar-refractivity contribution in [2.75, 3.05) is 0 Å². The number of carboxylic acid groups (broad SMARTS) is 1. The number of benzene rings is 2. The van der Waals surface area contributed by atoms with Gasteiger partial charge in [0.2, 0.25) is 6.10 Å². The van der Waals surface area contributed by atoms with Crippen LogP contribution in [-0.4, -0.2) is 29.7 Å². The summed E-state index contributed by atoms with van der Waals surface area (Å²) < 4.78 is 86.8. The van der Waals surface area contributed by atoms with Crippen LogP contribution in [0.1, 0.15) is 16.7 Å². The Balaban J connectivity index is 2.06. The van der Waals surface area contributed by atoms with Gasteiger partial charge in [0, 0.05) is 5.56 Å². The number of hydrogen-bond acceptors (Lipinski definition) is 3. The maximum Gasteiger partial charge on any atom is 0.573 e. The van der Waals surface area contributed by atoms with Gasteiger partial charge in [-0.3, -0.25) is 0 Å². The number of carboxylic acids is 1. The number of aryl methyl sites for hydroxylation is 2. The van der Waals surface area contributed by atoms with Gasteiger partial charge in [-0.2, -0.15) is 13.2 Å². The summed E-state index contributed by atoms with van der Waals surface area (Å²) in [6.45, 7) is 0. The third-order valence-corrected chi connectivity index (χ3v) is 4.30. The zero-order chi connectivity index (χ0) is 22.1. The van der Waals surface area contributed by atoms with E-state index in [2.05, 4.69) is 4.74 Å². The fraction of sp³-hybridized carbons (Fsp3) is 0.250. The van der Waals surface area contributed by atoms with E-state index >= 15 is 0 Å². The van der Waals surface area contributed by atoms with E-state index in [0.29, 0.717) is 12.5 Å². The first-order chi connectivity index (χ1) is 13.9. The van der Waals surface area contributed by atoms with Gasteiger partial charge < -0.3 is 14.6 Å². The van der Waals surface area contributed by atoms with Gasteiger partial charge in [0.1, 0.15) is 11.5 Å². The molecule has 0 aliphatic carbocycles. The zero-order valence-electron chi connectivity index (χ0n) is 15.1. The molecule has 1 N–H and O–H groups in total. The van der Waals surface area contributed by atoms with Crippen molar-refractivity contribution in [1.29, 1.82) is 0 Å². The molecule has 1 aliphatic heterocycles. The van der Waals surface area contributed by atoms with Gasteiger partial charge >= 0.3 is 18.5 Å². The summed E-state index contributed by atoms with van der Waals surface area (Å²) in [7, 11) is 0. The largest absolute Gasteiger partial charge is 0.573 e. The lowest BCUT2D eigenvalue weighted by Gasteiger charge is -2.29. The molecular formula is C20H14F6O4. The molecule has 0 bridgehead atoms. The molecule has 0 saturated heterocycles. The molecule has 2 aromatic carbocycles. The van der Waals surface area contributed by atoms with Crippen molar-refractivity contribution in [2.45, 2.75) is 31.5 Å². The molecular weight excluding hydrogens is 418 g/mol. The van der Waals surface area contributed by atoms with Gasteiger partial charge in [0.25, 0.3) is 0 Å². The average Bonchev–Trinajstić information content (AvgIpc) is 2.63. The van der Waals surface area contributed by atoms with E-state index in [1.54, 1.807) is 30.3 Å². The topological polar surface area (TPSA) is 55.8 Å². The van der Waals surface area contributed by atoms with Crippen molar-refractivity contribution in [3.63, 3.8) is 0 Å². The second kappa shape index (κ2) is 7.92. The number of rotatable bonds is 5. The Morgan fingerprint density at radius 2 is 1.70 bits per heavy atom. The van der Waals surface area contributed by atoms with Gasteiger partial charge in [0.05, 0.1) is 5.57 Å². The van der Waals surface area contributed by atoms with Gasteiger partial charge in [-0.15, -0.1) is 13.2 Å². The zero-order valence-corrected chi connectivity index (χ0v) is 15.1. The smallest absolute Gasteiger partial charge is 0.478 e. The number of ether oxygens (including phenoxy) is 2. The summed E-state index contributed by atoms with van der Waals surface area (Å²) in [6.07, 6.45) is -11.8. The third kappa shape index (κ3) is 5.05. The molecule has 0 amide bonds. The lowest BCUT2D eigenvalue weighted by Crippen LogP contribution is -2.40. The van der Waals surface area contributed by atoms with Crippen molar-refractivity contribution in [3.8, 4) is 11.5 Å². The molecule has 3 rings (SSSR count). The molecule has 2 aromatic rings. The summed E-state index contributed by atoms with van der Waals surface area (Å²) in [6, 6.07) is 10.5. The normalized spacial score (nSPS) is 16.3. The highest BCUT2D eigenvalue weighted by molar-refractivity contribution is 5.95. The molecule has 0 saturated carbocycles. The maximum absolute atomic E-state index is 13.3. The number of fused-ring (bicyclic) bond motifs is 1. The second-order valence-electron chi connectivity index (χ2n) is 6.48. The standard InChI is InChI=1S/C20H14F6O4/c21-19(22,23)17-15(18(27)28)10-13-9-14(30-20(24,25)26)8-12(16(13)29-17)7-6-11-4-2-1-3-5-11/h1-5,8-10,17H,6-7H2,(H,27,28). The van der Waals surface area contributed by atoms with E-state index < -0.39 is 35.9 Å². The number of halogens is 6. The van der Waals surface area contributed by atoms with Crippen LogP contribution in [0.2, 0.25) is 0 Å². The first-order valence-corrected chi connectivity index (χ1v) is 8.59. The summed E-state index contributed by atoms with van der Waals surface area (Å²) in [4.78, 5) is 11.3. The van der Waals surface area contributed by atoms with Crippen LogP contribution in [0.25, 0.3) is 6.08 Å². The maximum atomic E-state index is 13.3. The van der Waals surface area contributed by atoms with Crippen LogP contribution >= 0.6 is 0 Å². The van der Waals surface area contributed by atoms with Crippen molar-refractivity contribution in [3.05, 3.63) is 64.7 Å². The molecule has 4 nitrogen and oxygen atoms in total. The summed E-state index contributed by atoms with van der Waals surface area (Å²) in [5.41, 5.74) is -0.533. The molecule has 1 heterocycles. The van der Waals surface area contributed by atoms with Gasteiger partial charge in [0.15, 0.2) is 0 Å². The first-order valence-electron chi connectivity index (χ1n) is 8.59. The van der Waals surface area contributed by atoms with Crippen molar-refractivity contribution >= 4 is 12.0 Å². The summed E-state index contributed by atoms with van der Waals surface area (Å²) in [5.74, 6) is -2.90. The Kier molecular flexibility index (Phi) is 5.69. The van der Waals surface area contributed by atoms with E-state index in [4.69, 9.17) is 9.84 Å². The Bertz CT molecular complexity index is 964. The number of aliphatic carboxylic acids is 1. The Labute approximate surface area is 166 Å². The molecule has 0 spiro atoms. The number of hydrogen-bond donors (Lipinski definition) is 1. The molecule has 1 aliphatic rings. The minimum absolute atomic E-state index is 0.0329. The van der Waals surface area contributed by atoms with Crippen LogP contribution < -0.4 is 9.47 Å². The highest BCUT2D eigenvalue weighted by Crippen LogP contribution is 2.42. The van der Waals surface area contributed by atoms with Gasteiger partial charge in [-0.25, -0.2) is 4.79 Å². The van der Waals surface area contributed by atoms with E-state index in [-0.39, 0.29) is 23.3 Å². The highest BCUT2D eigenvalue weighted by Gasteiger charge is 2.49. The lowest BCUT2D eigenvalue weighted by molar-refractivity contribution is -0.274. The van der Waals surface area contributed by atoms with Gasteiger partial charge in [-0.1, -0.05) is 30.3 Å². The first kappa shape index (κ1) is 21.5. The fourth-order valence-corrected chi connectivity index (χ4v) is 3.08. The van der Waals surface area contributed by atoms with E-state index in [1.165, 1.54) is 0 Å². The van der Waals surface area contributed by atoms with Crippen molar-refractivity contribution in [1.82, 2.24) is 0 Å². The monoisotopic (exact) mass is 432 g/mol. The van der Waals surface area contributed by atoms with Crippen LogP contribution in [0.5, 0.6) is 11.5 Å². The van der Waals surface area contributed by atoms with Crippen molar-refractivity contribution in [2.24, 2.45) is 0 Å². The quantitative estimate of drug-likeness (QED) is 0.663. The fourth-order valence-electron chi connectivity index (χ4n) is 3.08. The third-order valence-electron chi connectivity index (χ3n) is 4.30. The van der Waals surface area contributed by atoms with Crippen LogP contribution in [0.4, 0.5) is 26.3 Å². The van der Waals surface area contributed by atoms with E-state index in [0.717, 1.165) is 17.7 Å². The second-order valence-corrected chi connectivity index (χ2v) is 6.48. The lowest BCUT2D eigenvalue weighted by atomic mass is 9.95. The van der Waals surface area contributed by atoms with Crippen LogP contribution in [-0.2, 0) is 17.6 Å². The Hall–Kier alpha value is -3.17. The summed E-state index contributed by atoms with van der Waals surface area (Å²) >= 11 is 0. The minimum Gasteiger partial charge on any atom is -0.478 e. The van der Waals surface area contributed by atoms with Gasteiger partial charge in [-0.05, 0) is 42.2 Å². The van der Waals surface area contributed by atoms with Crippen molar-refractivity contribution < 1.29 is 45.7 Å². The number of alkyl halides is 6. The van der Waals surface area contributed by atoms with E-state index in [9.17, 15) is 31.1 Å². The van der Waals surface area contributed by atoms with Crippen LogP contribution in [0, 0.1) is 0 Å². The molecule has 0 aromatic heterocycles. The van der Waals surface area contributed by atoms with Crippen LogP contribution in [0.15, 0.2) is 48.0 Å². The molecule has 30 heavy (non-hydrogen) atoms. The highest BCUT2D eigenvalue weighted by atomic mass is 19.4. The molecule has 160 valence electrons. The molecule has 1 unspecified atom stereocenters. The molecule has 0 fully saturated rings. The predicted molar refractivity (Wildman–Crippen MR) is 93.1 cm³/mol. The van der Waals surface area contributed by atoms with Crippen LogP contribution in [0.3, 0.4) is 0 Å². The average molecular weight is 432 g/mol. The molecule has 0 radical (unpaired) electrons. The minimum atomic E-state index is -5.03. The Morgan fingerprint density at radius 3 is 2.27 bits per heavy atom. The molecule has 10 heteroatoms. The molecule has 1 atom stereocenters.